The Bertz CT molecular complexity index is 465. The Kier molecular flexibility index (Phi) is 4.90. The zero-order valence-corrected chi connectivity index (χ0v) is 11.7. The van der Waals surface area contributed by atoms with Gasteiger partial charge in [0.15, 0.2) is 6.10 Å². The molecule has 0 bridgehead atoms. The Balaban J connectivity index is 2.22. The van der Waals surface area contributed by atoms with E-state index >= 15 is 0 Å². The van der Waals surface area contributed by atoms with Gasteiger partial charge in [-0.05, 0) is 13.8 Å². The maximum absolute atomic E-state index is 8.94. The number of rotatable bonds is 5. The van der Waals surface area contributed by atoms with E-state index in [1.54, 1.807) is 0 Å². The van der Waals surface area contributed by atoms with Crippen LogP contribution in [0.2, 0.25) is 0 Å². The van der Waals surface area contributed by atoms with Crippen molar-refractivity contribution in [1.82, 2.24) is 15.0 Å². The Hall–Kier alpha value is -2.14. The van der Waals surface area contributed by atoms with Crippen molar-refractivity contribution in [3.63, 3.8) is 0 Å². The summed E-state index contributed by atoms with van der Waals surface area (Å²) in [5, 5.41) is 12.0. The van der Waals surface area contributed by atoms with Gasteiger partial charge in [0.25, 0.3) is 0 Å². The van der Waals surface area contributed by atoms with Crippen molar-refractivity contribution in [2.75, 3.05) is 43.1 Å². The molecule has 0 aliphatic carbocycles. The standard InChI is InChI=1S/C12H18N6O2/c1-3-14-10-15-11(17-12(16-10)19-4-2)18-5-6-20-9(7-13)8-18/h9H,3-6,8H2,1-2H3,(H,14,15,16,17). The minimum absolute atomic E-state index is 0.286. The van der Waals surface area contributed by atoms with E-state index in [0.29, 0.717) is 44.7 Å². The molecule has 0 saturated carbocycles. The maximum atomic E-state index is 8.94. The minimum Gasteiger partial charge on any atom is -0.464 e. The number of nitriles is 1. The second kappa shape index (κ2) is 6.86. The molecule has 0 radical (unpaired) electrons. The van der Waals surface area contributed by atoms with Gasteiger partial charge in [0.1, 0.15) is 0 Å². The molecule has 8 heteroatoms. The zero-order chi connectivity index (χ0) is 14.4. The lowest BCUT2D eigenvalue weighted by atomic mass is 10.3. The summed E-state index contributed by atoms with van der Waals surface area (Å²) in [5.41, 5.74) is 0. The highest BCUT2D eigenvalue weighted by atomic mass is 16.5. The Morgan fingerprint density at radius 1 is 1.45 bits per heavy atom. The summed E-state index contributed by atoms with van der Waals surface area (Å²) in [6.07, 6.45) is -0.460. The highest BCUT2D eigenvalue weighted by molar-refractivity contribution is 5.39. The van der Waals surface area contributed by atoms with Gasteiger partial charge in [0.05, 0.1) is 25.8 Å². The lowest BCUT2D eigenvalue weighted by Crippen LogP contribution is -2.42. The molecular formula is C12H18N6O2. The zero-order valence-electron chi connectivity index (χ0n) is 11.7. The molecule has 1 aromatic rings. The molecule has 1 fully saturated rings. The van der Waals surface area contributed by atoms with Crippen LogP contribution < -0.4 is 15.0 Å². The van der Waals surface area contributed by atoms with Crippen LogP contribution in [0.15, 0.2) is 0 Å². The van der Waals surface area contributed by atoms with Crippen LogP contribution in [0.1, 0.15) is 13.8 Å². The van der Waals surface area contributed by atoms with Crippen molar-refractivity contribution in [2.45, 2.75) is 20.0 Å². The second-order valence-electron chi connectivity index (χ2n) is 4.14. The fraction of sp³-hybridized carbons (Fsp3) is 0.667. The number of nitrogens with zero attached hydrogens (tertiary/aromatic N) is 5. The summed E-state index contributed by atoms with van der Waals surface area (Å²) < 4.78 is 10.7. The predicted octanol–water partition coefficient (Wildman–Crippen LogP) is 0.431. The topological polar surface area (TPSA) is 96.2 Å². The molecule has 1 atom stereocenters. The molecule has 0 spiro atoms. The molecule has 1 saturated heterocycles. The van der Waals surface area contributed by atoms with Crippen molar-refractivity contribution < 1.29 is 9.47 Å². The summed E-state index contributed by atoms with van der Waals surface area (Å²) in [5.74, 6) is 0.976. The van der Waals surface area contributed by atoms with E-state index in [-0.39, 0.29) is 6.01 Å². The van der Waals surface area contributed by atoms with E-state index in [2.05, 4.69) is 26.3 Å². The molecule has 1 aliphatic rings. The third-order valence-electron chi connectivity index (χ3n) is 2.70. The van der Waals surface area contributed by atoms with Crippen LogP contribution in [-0.4, -0.2) is 53.9 Å². The molecule has 8 nitrogen and oxygen atoms in total. The summed E-state index contributed by atoms with van der Waals surface area (Å²) in [7, 11) is 0. The average Bonchev–Trinajstić information content (AvgIpc) is 2.48. The Morgan fingerprint density at radius 2 is 2.30 bits per heavy atom. The Labute approximate surface area is 117 Å². The van der Waals surface area contributed by atoms with Gasteiger partial charge >= 0.3 is 6.01 Å². The van der Waals surface area contributed by atoms with Crippen LogP contribution in [0.3, 0.4) is 0 Å². The first kappa shape index (κ1) is 14.3. The molecule has 2 rings (SSSR count). The van der Waals surface area contributed by atoms with Crippen LogP contribution in [0.4, 0.5) is 11.9 Å². The van der Waals surface area contributed by atoms with E-state index in [1.807, 2.05) is 18.7 Å². The van der Waals surface area contributed by atoms with Crippen molar-refractivity contribution >= 4 is 11.9 Å². The first-order valence-electron chi connectivity index (χ1n) is 6.65. The number of aromatic nitrogens is 3. The van der Waals surface area contributed by atoms with Gasteiger partial charge in [-0.3, -0.25) is 0 Å². The predicted molar refractivity (Wildman–Crippen MR) is 72.7 cm³/mol. The van der Waals surface area contributed by atoms with Crippen molar-refractivity contribution in [1.29, 1.82) is 5.26 Å². The number of hydrogen-bond acceptors (Lipinski definition) is 8. The van der Waals surface area contributed by atoms with Crippen molar-refractivity contribution in [3.05, 3.63) is 0 Å². The highest BCUT2D eigenvalue weighted by Crippen LogP contribution is 2.17. The maximum Gasteiger partial charge on any atom is 0.323 e. The molecule has 1 aliphatic heterocycles. The Morgan fingerprint density at radius 3 is 3.00 bits per heavy atom. The molecular weight excluding hydrogens is 260 g/mol. The lowest BCUT2D eigenvalue weighted by Gasteiger charge is -2.29. The van der Waals surface area contributed by atoms with Gasteiger partial charge in [-0.2, -0.15) is 20.2 Å². The smallest absolute Gasteiger partial charge is 0.323 e. The molecule has 108 valence electrons. The minimum atomic E-state index is -0.460. The van der Waals surface area contributed by atoms with Crippen LogP contribution in [0, 0.1) is 11.3 Å². The fourth-order valence-corrected chi connectivity index (χ4v) is 1.83. The van der Waals surface area contributed by atoms with Crippen LogP contribution in [0.5, 0.6) is 6.01 Å². The fourth-order valence-electron chi connectivity index (χ4n) is 1.83. The number of morpholine rings is 1. The average molecular weight is 278 g/mol. The summed E-state index contributed by atoms with van der Waals surface area (Å²) in [6, 6.07) is 2.39. The van der Waals surface area contributed by atoms with Gasteiger partial charge in [0.2, 0.25) is 11.9 Å². The monoisotopic (exact) mass is 278 g/mol. The van der Waals surface area contributed by atoms with E-state index in [1.165, 1.54) is 0 Å². The van der Waals surface area contributed by atoms with Gasteiger partial charge in [0, 0.05) is 13.1 Å². The summed E-state index contributed by atoms with van der Waals surface area (Å²) in [4.78, 5) is 14.7. The quantitative estimate of drug-likeness (QED) is 0.828. The molecule has 0 amide bonds. The van der Waals surface area contributed by atoms with Gasteiger partial charge in [-0.15, -0.1) is 0 Å². The van der Waals surface area contributed by atoms with Gasteiger partial charge in [-0.1, -0.05) is 0 Å². The van der Waals surface area contributed by atoms with E-state index in [9.17, 15) is 0 Å². The second-order valence-corrected chi connectivity index (χ2v) is 4.14. The first-order valence-corrected chi connectivity index (χ1v) is 6.65. The normalized spacial score (nSPS) is 18.4. The molecule has 2 heterocycles. The molecule has 1 unspecified atom stereocenters. The molecule has 20 heavy (non-hydrogen) atoms. The van der Waals surface area contributed by atoms with E-state index in [4.69, 9.17) is 14.7 Å². The molecule has 1 N–H and O–H groups in total. The van der Waals surface area contributed by atoms with Crippen LogP contribution in [-0.2, 0) is 4.74 Å². The van der Waals surface area contributed by atoms with E-state index < -0.39 is 6.10 Å². The third-order valence-corrected chi connectivity index (χ3v) is 2.70. The molecule has 1 aromatic heterocycles. The largest absolute Gasteiger partial charge is 0.464 e. The first-order chi connectivity index (χ1) is 9.76. The van der Waals surface area contributed by atoms with Gasteiger partial charge < -0.3 is 19.7 Å². The number of ether oxygens (including phenoxy) is 2. The highest BCUT2D eigenvalue weighted by Gasteiger charge is 2.23. The third kappa shape index (κ3) is 3.45. The van der Waals surface area contributed by atoms with Crippen LogP contribution >= 0.6 is 0 Å². The van der Waals surface area contributed by atoms with Gasteiger partial charge in [-0.25, -0.2) is 0 Å². The summed E-state index contributed by atoms with van der Waals surface area (Å²) in [6.45, 7) is 6.58. The SMILES string of the molecule is CCNc1nc(OCC)nc(N2CCOC(C#N)C2)n1. The van der Waals surface area contributed by atoms with Crippen molar-refractivity contribution in [2.24, 2.45) is 0 Å². The number of anilines is 2. The summed E-state index contributed by atoms with van der Waals surface area (Å²) >= 11 is 0. The van der Waals surface area contributed by atoms with E-state index in [0.717, 1.165) is 0 Å². The number of nitrogens with one attached hydrogen (secondary N) is 1. The number of hydrogen-bond donors (Lipinski definition) is 1. The lowest BCUT2D eigenvalue weighted by molar-refractivity contribution is 0.0757. The molecule has 0 aromatic carbocycles. The van der Waals surface area contributed by atoms with Crippen molar-refractivity contribution in [3.8, 4) is 12.1 Å². The van der Waals surface area contributed by atoms with Crippen LogP contribution in [0.25, 0.3) is 0 Å².